The van der Waals surface area contributed by atoms with Gasteiger partial charge in [-0.25, -0.2) is 4.98 Å². The van der Waals surface area contributed by atoms with Crippen molar-refractivity contribution in [1.82, 2.24) is 25.3 Å². The van der Waals surface area contributed by atoms with Crippen LogP contribution in [0.15, 0.2) is 10.0 Å². The van der Waals surface area contributed by atoms with Gasteiger partial charge in [0.1, 0.15) is 4.88 Å². The smallest absolute Gasteiger partial charge is 0.269 e. The highest BCUT2D eigenvalue weighted by Crippen LogP contribution is 2.27. The van der Waals surface area contributed by atoms with Crippen molar-refractivity contribution in [3.63, 3.8) is 0 Å². The number of aromatic nitrogens is 3. The van der Waals surface area contributed by atoms with Crippen LogP contribution in [0.2, 0.25) is 0 Å². The van der Waals surface area contributed by atoms with Gasteiger partial charge in [-0.2, -0.15) is 4.98 Å². The number of halogens is 1. The van der Waals surface area contributed by atoms with Crippen molar-refractivity contribution in [3.05, 3.63) is 17.0 Å². The SMILES string of the molecule is Cc1ncsc1-c1nc(C2CNCCN2C)no1.Cl. The van der Waals surface area contributed by atoms with E-state index in [-0.39, 0.29) is 18.4 Å². The Morgan fingerprint density at radius 2 is 2.37 bits per heavy atom. The molecule has 3 rings (SSSR count). The van der Waals surface area contributed by atoms with Gasteiger partial charge < -0.3 is 9.84 Å². The largest absolute Gasteiger partial charge is 0.333 e. The van der Waals surface area contributed by atoms with E-state index < -0.39 is 0 Å². The Morgan fingerprint density at radius 1 is 1.53 bits per heavy atom. The summed E-state index contributed by atoms with van der Waals surface area (Å²) in [4.78, 5) is 11.9. The van der Waals surface area contributed by atoms with E-state index >= 15 is 0 Å². The number of aryl methyl sites for hydroxylation is 1. The third kappa shape index (κ3) is 2.79. The van der Waals surface area contributed by atoms with E-state index in [1.807, 2.05) is 6.92 Å². The Morgan fingerprint density at radius 3 is 3.05 bits per heavy atom. The summed E-state index contributed by atoms with van der Waals surface area (Å²) in [5.74, 6) is 1.32. The van der Waals surface area contributed by atoms with Gasteiger partial charge in [-0.15, -0.1) is 23.7 Å². The van der Waals surface area contributed by atoms with Crippen molar-refractivity contribution in [2.45, 2.75) is 13.0 Å². The molecule has 1 N–H and O–H groups in total. The molecule has 0 radical (unpaired) electrons. The summed E-state index contributed by atoms with van der Waals surface area (Å²) in [5.41, 5.74) is 2.73. The average Bonchev–Trinajstić information content (AvgIpc) is 2.98. The predicted molar refractivity (Wildman–Crippen MR) is 75.6 cm³/mol. The Kier molecular flexibility index (Phi) is 4.51. The monoisotopic (exact) mass is 301 g/mol. The molecule has 0 bridgehead atoms. The highest BCUT2D eigenvalue weighted by molar-refractivity contribution is 7.13. The normalized spacial score (nSPS) is 20.2. The number of piperazine rings is 1. The van der Waals surface area contributed by atoms with Crippen LogP contribution in [0.4, 0.5) is 0 Å². The lowest BCUT2D eigenvalue weighted by Gasteiger charge is -2.30. The van der Waals surface area contributed by atoms with Crippen molar-refractivity contribution in [2.75, 3.05) is 26.7 Å². The minimum Gasteiger partial charge on any atom is -0.333 e. The molecule has 1 saturated heterocycles. The van der Waals surface area contributed by atoms with Crippen molar-refractivity contribution in [2.24, 2.45) is 0 Å². The molecule has 1 atom stereocenters. The lowest BCUT2D eigenvalue weighted by atomic mass is 10.2. The van der Waals surface area contributed by atoms with E-state index in [9.17, 15) is 0 Å². The third-order valence-electron chi connectivity index (χ3n) is 3.19. The van der Waals surface area contributed by atoms with Gasteiger partial charge in [0.25, 0.3) is 5.89 Å². The summed E-state index contributed by atoms with van der Waals surface area (Å²) in [7, 11) is 2.08. The molecule has 0 amide bonds. The van der Waals surface area contributed by atoms with E-state index in [1.54, 1.807) is 5.51 Å². The van der Waals surface area contributed by atoms with E-state index in [1.165, 1.54) is 11.3 Å². The molecular formula is C11H16ClN5OS. The van der Waals surface area contributed by atoms with E-state index in [4.69, 9.17) is 4.52 Å². The van der Waals surface area contributed by atoms with E-state index in [2.05, 4.69) is 32.4 Å². The number of hydrogen-bond acceptors (Lipinski definition) is 7. The molecule has 19 heavy (non-hydrogen) atoms. The van der Waals surface area contributed by atoms with E-state index in [0.717, 1.165) is 36.0 Å². The van der Waals surface area contributed by atoms with Crippen molar-refractivity contribution in [1.29, 1.82) is 0 Å². The van der Waals surface area contributed by atoms with Crippen molar-refractivity contribution < 1.29 is 4.52 Å². The highest BCUT2D eigenvalue weighted by atomic mass is 35.5. The van der Waals surface area contributed by atoms with Crippen LogP contribution >= 0.6 is 23.7 Å². The lowest BCUT2D eigenvalue weighted by Crippen LogP contribution is -2.44. The van der Waals surface area contributed by atoms with Gasteiger partial charge >= 0.3 is 0 Å². The van der Waals surface area contributed by atoms with Crippen LogP contribution < -0.4 is 5.32 Å². The molecule has 0 aliphatic carbocycles. The van der Waals surface area contributed by atoms with Gasteiger partial charge in [-0.05, 0) is 14.0 Å². The first-order chi connectivity index (χ1) is 8.75. The van der Waals surface area contributed by atoms with Gasteiger partial charge in [0.2, 0.25) is 0 Å². The lowest BCUT2D eigenvalue weighted by molar-refractivity contribution is 0.190. The molecule has 1 fully saturated rings. The zero-order valence-electron chi connectivity index (χ0n) is 10.8. The van der Waals surface area contributed by atoms with Crippen LogP contribution in [-0.2, 0) is 0 Å². The summed E-state index contributed by atoms with van der Waals surface area (Å²) in [6, 6.07) is 0.185. The first kappa shape index (κ1) is 14.4. The van der Waals surface area contributed by atoms with Crippen LogP contribution in [0, 0.1) is 6.92 Å². The van der Waals surface area contributed by atoms with Gasteiger partial charge in [0.15, 0.2) is 5.82 Å². The standard InChI is InChI=1S/C11H15N5OS.ClH/c1-7-9(18-6-13-7)11-14-10(15-17-11)8-5-12-3-4-16(8)2;/h6,8,12H,3-5H2,1-2H3;1H. The second-order valence-corrected chi connectivity index (χ2v) is 5.28. The molecule has 0 spiro atoms. The van der Waals surface area contributed by atoms with Crippen LogP contribution in [0.5, 0.6) is 0 Å². The van der Waals surface area contributed by atoms with Gasteiger partial charge in [-0.1, -0.05) is 5.16 Å². The molecule has 1 aliphatic heterocycles. The van der Waals surface area contributed by atoms with Crippen molar-refractivity contribution >= 4 is 23.7 Å². The quantitative estimate of drug-likeness (QED) is 0.907. The highest BCUT2D eigenvalue weighted by Gasteiger charge is 2.26. The van der Waals surface area contributed by atoms with Gasteiger partial charge in [0.05, 0.1) is 17.2 Å². The maximum Gasteiger partial charge on any atom is 0.269 e. The fraction of sp³-hybridized carbons (Fsp3) is 0.545. The van der Waals surface area contributed by atoms with Gasteiger partial charge in [-0.3, -0.25) is 4.90 Å². The number of likely N-dealkylation sites (N-methyl/N-ethyl adjacent to an activating group) is 1. The minimum absolute atomic E-state index is 0. The summed E-state index contributed by atoms with van der Waals surface area (Å²) in [6.07, 6.45) is 0. The summed E-state index contributed by atoms with van der Waals surface area (Å²) in [5, 5.41) is 7.44. The molecule has 8 heteroatoms. The number of hydrogen-bond donors (Lipinski definition) is 1. The summed E-state index contributed by atoms with van der Waals surface area (Å²) in [6.45, 7) is 4.81. The number of rotatable bonds is 2. The summed E-state index contributed by atoms with van der Waals surface area (Å²) < 4.78 is 5.35. The number of thiazole rings is 1. The molecule has 0 aromatic carbocycles. The maximum atomic E-state index is 5.35. The average molecular weight is 302 g/mol. The molecule has 6 nitrogen and oxygen atoms in total. The topological polar surface area (TPSA) is 67.1 Å². The van der Waals surface area contributed by atoms with E-state index in [0.29, 0.717) is 5.89 Å². The predicted octanol–water partition coefficient (Wildman–Crippen LogP) is 1.50. The minimum atomic E-state index is 0. The molecule has 0 saturated carbocycles. The van der Waals surface area contributed by atoms with Crippen LogP contribution in [0.25, 0.3) is 10.8 Å². The Bertz CT molecular complexity index is 543. The number of nitrogens with zero attached hydrogens (tertiary/aromatic N) is 4. The molecule has 3 heterocycles. The fourth-order valence-electron chi connectivity index (χ4n) is 2.06. The molecular weight excluding hydrogens is 286 g/mol. The summed E-state index contributed by atoms with van der Waals surface area (Å²) >= 11 is 1.53. The molecule has 1 aliphatic rings. The Balaban J connectivity index is 0.00000133. The van der Waals surface area contributed by atoms with Crippen LogP contribution in [-0.4, -0.2) is 46.7 Å². The van der Waals surface area contributed by atoms with Gasteiger partial charge in [0, 0.05) is 19.6 Å². The molecule has 2 aromatic rings. The Hall–Kier alpha value is -1.02. The fourth-order valence-corrected chi connectivity index (χ4v) is 2.79. The second kappa shape index (κ2) is 5.96. The molecule has 1 unspecified atom stereocenters. The number of nitrogens with one attached hydrogen (secondary N) is 1. The maximum absolute atomic E-state index is 5.35. The first-order valence-electron chi connectivity index (χ1n) is 5.90. The van der Waals surface area contributed by atoms with Crippen molar-refractivity contribution in [3.8, 4) is 10.8 Å². The van der Waals surface area contributed by atoms with Crippen LogP contribution in [0.3, 0.4) is 0 Å². The zero-order valence-corrected chi connectivity index (χ0v) is 12.4. The first-order valence-corrected chi connectivity index (χ1v) is 6.78. The second-order valence-electron chi connectivity index (χ2n) is 4.43. The van der Waals surface area contributed by atoms with Crippen LogP contribution in [0.1, 0.15) is 17.6 Å². The third-order valence-corrected chi connectivity index (χ3v) is 4.11. The zero-order chi connectivity index (χ0) is 12.5. The molecule has 2 aromatic heterocycles. The Labute approximate surface area is 121 Å². The molecule has 104 valence electrons.